The van der Waals surface area contributed by atoms with Gasteiger partial charge >= 0.3 is 5.97 Å². The molecule has 7 heteroatoms. The molecule has 25 heavy (non-hydrogen) atoms. The van der Waals surface area contributed by atoms with E-state index in [0.717, 1.165) is 22.5 Å². The highest BCUT2D eigenvalue weighted by molar-refractivity contribution is 6.30. The van der Waals surface area contributed by atoms with Gasteiger partial charge in [-0.2, -0.15) is 0 Å². The van der Waals surface area contributed by atoms with Crippen LogP contribution in [0.4, 0.5) is 4.39 Å². The molecular formula is C18H14ClFN2O3. The van der Waals surface area contributed by atoms with Crippen molar-refractivity contribution in [3.05, 3.63) is 70.6 Å². The Morgan fingerprint density at radius 2 is 2.00 bits per heavy atom. The number of amides is 1. The van der Waals surface area contributed by atoms with Crippen LogP contribution in [0.5, 0.6) is 0 Å². The summed E-state index contributed by atoms with van der Waals surface area (Å²) in [7, 11) is 0. The summed E-state index contributed by atoms with van der Waals surface area (Å²) in [5.41, 5.74) is 1.37. The summed E-state index contributed by atoms with van der Waals surface area (Å²) in [4.78, 5) is 26.8. The Kier molecular flexibility index (Phi) is 4.72. The van der Waals surface area contributed by atoms with E-state index in [1.54, 1.807) is 6.20 Å². The fourth-order valence-electron chi connectivity index (χ4n) is 2.63. The van der Waals surface area contributed by atoms with E-state index in [9.17, 15) is 19.1 Å². The first-order valence-corrected chi connectivity index (χ1v) is 7.87. The standard InChI is InChI=1S/C18H14ClFN2O3/c19-11-5-6-13(14(20)8-11)17(23)22-16(18(24)25)7-10-9-21-15-4-2-1-3-12(10)15/h1-6,8-9,16,21H,7H2,(H,22,23)(H,24,25)/t16-/m1/s1. The number of carbonyl (C=O) groups is 2. The second kappa shape index (κ2) is 6.94. The molecule has 128 valence electrons. The maximum atomic E-state index is 13.8. The number of carboxylic acid groups (broad SMARTS) is 1. The minimum Gasteiger partial charge on any atom is -0.480 e. The summed E-state index contributed by atoms with van der Waals surface area (Å²) in [6.45, 7) is 0. The molecule has 0 unspecified atom stereocenters. The van der Waals surface area contributed by atoms with Crippen molar-refractivity contribution in [2.75, 3.05) is 0 Å². The van der Waals surface area contributed by atoms with E-state index in [4.69, 9.17) is 11.6 Å². The Bertz CT molecular complexity index is 954. The van der Waals surface area contributed by atoms with Gasteiger partial charge in [0.25, 0.3) is 5.91 Å². The van der Waals surface area contributed by atoms with E-state index < -0.39 is 23.7 Å². The SMILES string of the molecule is O=C(N[C@H](Cc1c[nH]c2ccccc12)C(=O)O)c1ccc(Cl)cc1F. The zero-order chi connectivity index (χ0) is 18.0. The Morgan fingerprint density at radius 1 is 1.24 bits per heavy atom. The number of nitrogens with one attached hydrogen (secondary N) is 2. The van der Waals surface area contributed by atoms with Gasteiger partial charge in [0.2, 0.25) is 0 Å². The number of rotatable bonds is 5. The molecule has 1 heterocycles. The van der Waals surface area contributed by atoms with Crippen molar-refractivity contribution in [3.8, 4) is 0 Å². The molecule has 0 fully saturated rings. The predicted octanol–water partition coefficient (Wildman–Crippen LogP) is 3.39. The molecule has 3 rings (SSSR count). The lowest BCUT2D eigenvalue weighted by atomic mass is 10.0. The number of halogens is 2. The Hall–Kier alpha value is -2.86. The van der Waals surface area contributed by atoms with Gasteiger partial charge in [-0.25, -0.2) is 9.18 Å². The molecule has 0 saturated heterocycles. The Labute approximate surface area is 147 Å². The van der Waals surface area contributed by atoms with Gasteiger partial charge in [0.1, 0.15) is 11.9 Å². The molecule has 0 radical (unpaired) electrons. The molecule has 3 aromatic rings. The maximum absolute atomic E-state index is 13.8. The first-order chi connectivity index (χ1) is 12.0. The molecule has 0 saturated carbocycles. The van der Waals surface area contributed by atoms with Crippen molar-refractivity contribution in [2.45, 2.75) is 12.5 Å². The highest BCUT2D eigenvalue weighted by Gasteiger charge is 2.23. The fourth-order valence-corrected chi connectivity index (χ4v) is 2.79. The van der Waals surface area contributed by atoms with Gasteiger partial charge in [0.15, 0.2) is 0 Å². The molecule has 1 aromatic heterocycles. The van der Waals surface area contributed by atoms with Crippen LogP contribution < -0.4 is 5.32 Å². The van der Waals surface area contributed by atoms with Gasteiger partial charge in [-0.05, 0) is 29.8 Å². The first-order valence-electron chi connectivity index (χ1n) is 7.49. The molecule has 1 amide bonds. The highest BCUT2D eigenvalue weighted by atomic mass is 35.5. The number of aromatic nitrogens is 1. The number of fused-ring (bicyclic) bond motifs is 1. The van der Waals surface area contributed by atoms with E-state index in [-0.39, 0.29) is 17.0 Å². The van der Waals surface area contributed by atoms with Crippen LogP contribution in [0.1, 0.15) is 15.9 Å². The topological polar surface area (TPSA) is 82.2 Å². The lowest BCUT2D eigenvalue weighted by Gasteiger charge is -2.14. The largest absolute Gasteiger partial charge is 0.480 e. The number of carboxylic acids is 1. The van der Waals surface area contributed by atoms with Crippen molar-refractivity contribution < 1.29 is 19.1 Å². The number of hydrogen-bond acceptors (Lipinski definition) is 2. The lowest BCUT2D eigenvalue weighted by molar-refractivity contribution is -0.139. The zero-order valence-corrected chi connectivity index (χ0v) is 13.7. The second-order valence-electron chi connectivity index (χ2n) is 5.55. The minimum atomic E-state index is -1.20. The van der Waals surface area contributed by atoms with Gasteiger partial charge in [0, 0.05) is 28.5 Å². The Balaban J connectivity index is 1.82. The molecule has 0 aliphatic rings. The second-order valence-corrected chi connectivity index (χ2v) is 5.99. The zero-order valence-electron chi connectivity index (χ0n) is 12.9. The number of aromatic amines is 1. The summed E-state index contributed by atoms with van der Waals surface area (Å²) in [5.74, 6) is -2.81. The average molecular weight is 361 g/mol. The number of benzene rings is 2. The number of para-hydroxylation sites is 1. The molecular weight excluding hydrogens is 347 g/mol. The van der Waals surface area contributed by atoms with Crippen LogP contribution in [-0.4, -0.2) is 28.0 Å². The maximum Gasteiger partial charge on any atom is 0.326 e. The van der Waals surface area contributed by atoms with Gasteiger partial charge in [-0.3, -0.25) is 4.79 Å². The molecule has 2 aromatic carbocycles. The van der Waals surface area contributed by atoms with Crippen LogP contribution in [0.25, 0.3) is 10.9 Å². The van der Waals surface area contributed by atoms with E-state index >= 15 is 0 Å². The molecule has 0 aliphatic heterocycles. The predicted molar refractivity (Wildman–Crippen MR) is 92.3 cm³/mol. The smallest absolute Gasteiger partial charge is 0.326 e. The van der Waals surface area contributed by atoms with Crippen LogP contribution in [0.15, 0.2) is 48.7 Å². The van der Waals surface area contributed by atoms with Crippen molar-refractivity contribution in [2.24, 2.45) is 0 Å². The van der Waals surface area contributed by atoms with Crippen molar-refractivity contribution >= 4 is 34.4 Å². The lowest BCUT2D eigenvalue weighted by Crippen LogP contribution is -2.42. The molecule has 3 N–H and O–H groups in total. The van der Waals surface area contributed by atoms with Crippen LogP contribution in [0.2, 0.25) is 5.02 Å². The summed E-state index contributed by atoms with van der Waals surface area (Å²) >= 11 is 5.66. The quantitative estimate of drug-likeness (QED) is 0.652. The fraction of sp³-hybridized carbons (Fsp3) is 0.111. The molecule has 0 spiro atoms. The van der Waals surface area contributed by atoms with Gasteiger partial charge in [-0.15, -0.1) is 0 Å². The van der Waals surface area contributed by atoms with E-state index in [1.165, 1.54) is 12.1 Å². The minimum absolute atomic E-state index is 0.0697. The van der Waals surface area contributed by atoms with Gasteiger partial charge in [-0.1, -0.05) is 29.8 Å². The third-order valence-corrected chi connectivity index (χ3v) is 4.11. The highest BCUT2D eigenvalue weighted by Crippen LogP contribution is 2.20. The van der Waals surface area contributed by atoms with E-state index in [0.29, 0.717) is 0 Å². The average Bonchev–Trinajstić information content (AvgIpc) is 2.97. The number of hydrogen-bond donors (Lipinski definition) is 3. The molecule has 1 atom stereocenters. The van der Waals surface area contributed by atoms with Crippen LogP contribution >= 0.6 is 11.6 Å². The molecule has 5 nitrogen and oxygen atoms in total. The summed E-state index contributed by atoms with van der Waals surface area (Å²) in [6.07, 6.45) is 1.77. The first kappa shape index (κ1) is 17.0. The van der Waals surface area contributed by atoms with Gasteiger partial charge in [0.05, 0.1) is 5.56 Å². The van der Waals surface area contributed by atoms with Crippen LogP contribution in [0.3, 0.4) is 0 Å². The summed E-state index contributed by atoms with van der Waals surface area (Å²) in [5, 5.41) is 12.8. The third kappa shape index (κ3) is 3.64. The van der Waals surface area contributed by atoms with Gasteiger partial charge < -0.3 is 15.4 Å². The Morgan fingerprint density at radius 3 is 2.72 bits per heavy atom. The normalized spacial score (nSPS) is 12.1. The number of aliphatic carboxylic acids is 1. The monoisotopic (exact) mass is 360 g/mol. The number of carbonyl (C=O) groups excluding carboxylic acids is 1. The summed E-state index contributed by atoms with van der Waals surface area (Å²) in [6, 6.07) is 9.84. The van der Waals surface area contributed by atoms with E-state index in [2.05, 4.69) is 10.3 Å². The third-order valence-electron chi connectivity index (χ3n) is 3.88. The molecule has 0 aliphatic carbocycles. The van der Waals surface area contributed by atoms with Crippen molar-refractivity contribution in [1.29, 1.82) is 0 Å². The van der Waals surface area contributed by atoms with Crippen molar-refractivity contribution in [3.63, 3.8) is 0 Å². The number of H-pyrrole nitrogens is 1. The van der Waals surface area contributed by atoms with Crippen molar-refractivity contribution in [1.82, 2.24) is 10.3 Å². The molecule has 0 bridgehead atoms. The van der Waals surface area contributed by atoms with E-state index in [1.807, 2.05) is 24.3 Å². The van der Waals surface area contributed by atoms with Crippen LogP contribution in [0, 0.1) is 5.82 Å². The summed E-state index contributed by atoms with van der Waals surface area (Å²) < 4.78 is 13.8. The van der Waals surface area contributed by atoms with Crippen LogP contribution in [-0.2, 0) is 11.2 Å².